The maximum Gasteiger partial charge on any atom is 0.254 e. The van der Waals surface area contributed by atoms with E-state index in [1.807, 2.05) is 42.5 Å². The number of rotatable bonds is 4. The summed E-state index contributed by atoms with van der Waals surface area (Å²) in [6, 6.07) is 15.1. The maximum absolute atomic E-state index is 12.3. The van der Waals surface area contributed by atoms with Gasteiger partial charge in [0.25, 0.3) is 5.91 Å². The van der Waals surface area contributed by atoms with E-state index in [1.165, 1.54) is 6.20 Å². The van der Waals surface area contributed by atoms with Crippen LogP contribution in [-0.2, 0) is 6.54 Å². The van der Waals surface area contributed by atoms with E-state index in [9.17, 15) is 4.79 Å². The molecule has 0 atom stereocenters. The molecule has 2 aromatic heterocycles. The van der Waals surface area contributed by atoms with Crippen molar-refractivity contribution in [3.05, 3.63) is 77.1 Å². The van der Waals surface area contributed by atoms with Crippen LogP contribution >= 0.6 is 11.6 Å². The molecule has 124 valence electrons. The van der Waals surface area contributed by atoms with Crippen molar-refractivity contribution >= 4 is 28.5 Å². The fraction of sp³-hybridized carbons (Fsp3) is 0.0556. The minimum atomic E-state index is -0.220. The Morgan fingerprint density at radius 3 is 2.80 bits per heavy atom. The predicted molar refractivity (Wildman–Crippen MR) is 95.8 cm³/mol. The molecular formula is C18H14ClN5O. The number of fused-ring (bicyclic) bond motifs is 1. The van der Waals surface area contributed by atoms with Gasteiger partial charge in [0.1, 0.15) is 0 Å². The highest BCUT2D eigenvalue weighted by atomic mass is 35.5. The minimum absolute atomic E-state index is 0.220. The molecule has 0 saturated heterocycles. The second-order valence-corrected chi connectivity index (χ2v) is 5.93. The molecule has 2 N–H and O–H groups in total. The van der Waals surface area contributed by atoms with Crippen LogP contribution < -0.4 is 5.32 Å². The van der Waals surface area contributed by atoms with Crippen LogP contribution in [0, 0.1) is 0 Å². The van der Waals surface area contributed by atoms with E-state index in [4.69, 9.17) is 11.6 Å². The lowest BCUT2D eigenvalue weighted by Gasteiger charge is -2.05. The average Bonchev–Trinajstić information content (AvgIpc) is 3.27. The molecule has 2 heterocycles. The molecule has 2 aromatic carbocycles. The Morgan fingerprint density at radius 1 is 1.16 bits per heavy atom. The van der Waals surface area contributed by atoms with Crippen molar-refractivity contribution in [3.8, 4) is 5.95 Å². The zero-order chi connectivity index (χ0) is 17.2. The first-order valence-electron chi connectivity index (χ1n) is 7.72. The van der Waals surface area contributed by atoms with Gasteiger partial charge in [-0.25, -0.2) is 9.67 Å². The van der Waals surface area contributed by atoms with Crippen LogP contribution in [0.2, 0.25) is 5.02 Å². The van der Waals surface area contributed by atoms with Crippen molar-refractivity contribution in [2.75, 3.05) is 0 Å². The van der Waals surface area contributed by atoms with Gasteiger partial charge in [0.15, 0.2) is 0 Å². The summed E-state index contributed by atoms with van der Waals surface area (Å²) in [5.41, 5.74) is 3.07. The van der Waals surface area contributed by atoms with Crippen LogP contribution in [0.1, 0.15) is 15.9 Å². The quantitative estimate of drug-likeness (QED) is 0.592. The Hall–Kier alpha value is -3.12. The van der Waals surface area contributed by atoms with Gasteiger partial charge in [0.05, 0.1) is 22.8 Å². The molecule has 0 aliphatic carbocycles. The SMILES string of the molecule is O=C(NCc1ccccc1Cl)c1cnn(-c2nc3ccccc3[nH]2)c1. The number of benzene rings is 2. The Balaban J connectivity index is 1.50. The van der Waals surface area contributed by atoms with E-state index in [2.05, 4.69) is 20.4 Å². The summed E-state index contributed by atoms with van der Waals surface area (Å²) in [5, 5.41) is 7.68. The minimum Gasteiger partial charge on any atom is -0.348 e. The van der Waals surface area contributed by atoms with Crippen LogP contribution in [0.5, 0.6) is 0 Å². The van der Waals surface area contributed by atoms with Crippen LogP contribution in [-0.4, -0.2) is 25.7 Å². The molecule has 25 heavy (non-hydrogen) atoms. The molecule has 7 heteroatoms. The number of para-hydroxylation sites is 2. The van der Waals surface area contributed by atoms with Crippen molar-refractivity contribution in [2.45, 2.75) is 6.54 Å². The summed E-state index contributed by atoms with van der Waals surface area (Å²) >= 11 is 6.10. The van der Waals surface area contributed by atoms with Crippen LogP contribution in [0.25, 0.3) is 17.0 Å². The monoisotopic (exact) mass is 351 g/mol. The van der Waals surface area contributed by atoms with E-state index in [0.717, 1.165) is 16.6 Å². The molecule has 0 radical (unpaired) electrons. The second kappa shape index (κ2) is 6.41. The fourth-order valence-electron chi connectivity index (χ4n) is 2.52. The summed E-state index contributed by atoms with van der Waals surface area (Å²) in [7, 11) is 0. The lowest BCUT2D eigenvalue weighted by molar-refractivity contribution is 0.0951. The number of aromatic amines is 1. The number of carbonyl (C=O) groups is 1. The van der Waals surface area contributed by atoms with Crippen LogP contribution in [0.3, 0.4) is 0 Å². The van der Waals surface area contributed by atoms with E-state index in [-0.39, 0.29) is 5.91 Å². The zero-order valence-corrected chi connectivity index (χ0v) is 13.9. The highest BCUT2D eigenvalue weighted by Gasteiger charge is 2.12. The summed E-state index contributed by atoms with van der Waals surface area (Å²) < 4.78 is 1.55. The van der Waals surface area contributed by atoms with Gasteiger partial charge in [-0.2, -0.15) is 5.10 Å². The van der Waals surface area contributed by atoms with Gasteiger partial charge in [-0.3, -0.25) is 4.79 Å². The van der Waals surface area contributed by atoms with Gasteiger partial charge in [-0.05, 0) is 23.8 Å². The largest absolute Gasteiger partial charge is 0.348 e. The standard InChI is InChI=1S/C18H14ClN5O/c19-14-6-2-1-5-12(14)9-20-17(25)13-10-21-24(11-13)18-22-15-7-3-4-8-16(15)23-18/h1-8,10-11H,9H2,(H,20,25)(H,22,23). The van der Waals surface area contributed by atoms with Crippen molar-refractivity contribution in [1.82, 2.24) is 25.1 Å². The Morgan fingerprint density at radius 2 is 1.96 bits per heavy atom. The predicted octanol–water partition coefficient (Wildman–Crippen LogP) is 3.33. The first-order chi connectivity index (χ1) is 12.2. The smallest absolute Gasteiger partial charge is 0.254 e. The zero-order valence-electron chi connectivity index (χ0n) is 13.1. The lowest BCUT2D eigenvalue weighted by atomic mass is 10.2. The third-order valence-corrected chi connectivity index (χ3v) is 4.20. The average molecular weight is 352 g/mol. The highest BCUT2D eigenvalue weighted by molar-refractivity contribution is 6.31. The first-order valence-corrected chi connectivity index (χ1v) is 8.10. The van der Waals surface area contributed by atoms with Crippen LogP contribution in [0.15, 0.2) is 60.9 Å². The molecule has 4 aromatic rings. The number of nitrogens with zero attached hydrogens (tertiary/aromatic N) is 3. The summed E-state index contributed by atoms with van der Waals surface area (Å²) in [4.78, 5) is 19.9. The van der Waals surface area contributed by atoms with Crippen LogP contribution in [0.4, 0.5) is 0 Å². The van der Waals surface area contributed by atoms with Crippen molar-refractivity contribution < 1.29 is 4.79 Å². The lowest BCUT2D eigenvalue weighted by Crippen LogP contribution is -2.22. The number of hydrogen-bond acceptors (Lipinski definition) is 3. The molecule has 4 rings (SSSR count). The third-order valence-electron chi connectivity index (χ3n) is 3.84. The molecule has 0 spiro atoms. The van der Waals surface area contributed by atoms with E-state index < -0.39 is 0 Å². The molecule has 0 fully saturated rings. The number of nitrogens with one attached hydrogen (secondary N) is 2. The van der Waals surface area contributed by atoms with Gasteiger partial charge in [0, 0.05) is 17.8 Å². The van der Waals surface area contributed by atoms with Crippen molar-refractivity contribution in [2.24, 2.45) is 0 Å². The number of aromatic nitrogens is 4. The number of H-pyrrole nitrogens is 1. The molecule has 0 unspecified atom stereocenters. The number of amides is 1. The maximum atomic E-state index is 12.3. The van der Waals surface area contributed by atoms with E-state index in [1.54, 1.807) is 16.9 Å². The molecule has 0 saturated carbocycles. The first kappa shape index (κ1) is 15.4. The number of imidazole rings is 1. The topological polar surface area (TPSA) is 75.6 Å². The Labute approximate surface area is 148 Å². The fourth-order valence-corrected chi connectivity index (χ4v) is 2.73. The third kappa shape index (κ3) is 3.12. The van der Waals surface area contributed by atoms with E-state index in [0.29, 0.717) is 23.1 Å². The summed E-state index contributed by atoms with van der Waals surface area (Å²) in [6.07, 6.45) is 3.15. The number of carbonyl (C=O) groups excluding carboxylic acids is 1. The summed E-state index contributed by atoms with van der Waals surface area (Å²) in [5.74, 6) is 0.341. The van der Waals surface area contributed by atoms with Crippen molar-refractivity contribution in [1.29, 1.82) is 0 Å². The van der Waals surface area contributed by atoms with Gasteiger partial charge in [-0.15, -0.1) is 0 Å². The molecule has 0 aliphatic heterocycles. The van der Waals surface area contributed by atoms with Gasteiger partial charge in [-0.1, -0.05) is 41.9 Å². The van der Waals surface area contributed by atoms with Gasteiger partial charge in [0.2, 0.25) is 5.95 Å². The number of hydrogen-bond donors (Lipinski definition) is 2. The van der Waals surface area contributed by atoms with Gasteiger partial charge >= 0.3 is 0 Å². The molecule has 0 bridgehead atoms. The highest BCUT2D eigenvalue weighted by Crippen LogP contribution is 2.15. The molecular weight excluding hydrogens is 338 g/mol. The summed E-state index contributed by atoms with van der Waals surface area (Å²) in [6.45, 7) is 0.355. The van der Waals surface area contributed by atoms with Gasteiger partial charge < -0.3 is 10.3 Å². The Kier molecular flexibility index (Phi) is 3.95. The number of halogens is 1. The molecule has 0 aliphatic rings. The molecule has 6 nitrogen and oxygen atoms in total. The molecule has 1 amide bonds. The Bertz CT molecular complexity index is 1020. The van der Waals surface area contributed by atoms with Crippen molar-refractivity contribution in [3.63, 3.8) is 0 Å². The second-order valence-electron chi connectivity index (χ2n) is 5.53. The van der Waals surface area contributed by atoms with E-state index >= 15 is 0 Å². The normalized spacial score (nSPS) is 10.9.